The molecule has 9 heteroatoms. The maximum absolute atomic E-state index is 12.5. The first-order valence-electron chi connectivity index (χ1n) is 6.52. The summed E-state index contributed by atoms with van der Waals surface area (Å²) in [6, 6.07) is 6.10. The molecule has 2 rings (SSSR count). The Kier molecular flexibility index (Phi) is 4.57. The van der Waals surface area contributed by atoms with E-state index < -0.39 is 20.0 Å². The van der Waals surface area contributed by atoms with Crippen molar-refractivity contribution in [2.45, 2.75) is 23.8 Å². The van der Waals surface area contributed by atoms with Crippen molar-refractivity contribution in [1.29, 1.82) is 0 Å². The number of piperidine rings is 1. The maximum Gasteiger partial charge on any atom is 0.245 e. The van der Waals surface area contributed by atoms with Gasteiger partial charge in [0.15, 0.2) is 0 Å². The molecule has 1 saturated heterocycles. The normalized spacial score (nSPS) is 18.7. The fourth-order valence-electron chi connectivity index (χ4n) is 2.37. The number of hydrogen-bond donors (Lipinski definition) is 2. The third kappa shape index (κ3) is 3.94. The van der Waals surface area contributed by atoms with Crippen LogP contribution in [0.15, 0.2) is 29.2 Å². The van der Waals surface area contributed by atoms with Crippen molar-refractivity contribution in [2.24, 2.45) is 0 Å². The van der Waals surface area contributed by atoms with Crippen molar-refractivity contribution in [3.63, 3.8) is 0 Å². The lowest BCUT2D eigenvalue weighted by molar-refractivity contribution is 0.309. The Hall–Kier alpha value is -1.16. The summed E-state index contributed by atoms with van der Waals surface area (Å²) < 4.78 is 51.2. The van der Waals surface area contributed by atoms with Gasteiger partial charge in [0.2, 0.25) is 20.0 Å². The fraction of sp³-hybridized carbons (Fsp3) is 0.500. The monoisotopic (exact) mass is 333 g/mol. The van der Waals surface area contributed by atoms with Crippen LogP contribution < -0.4 is 10.5 Å². The van der Waals surface area contributed by atoms with E-state index in [1.54, 1.807) is 18.2 Å². The first-order chi connectivity index (χ1) is 9.70. The van der Waals surface area contributed by atoms with E-state index in [1.807, 2.05) is 0 Å². The lowest BCUT2D eigenvalue weighted by Gasteiger charge is -2.31. The molecule has 21 heavy (non-hydrogen) atoms. The summed E-state index contributed by atoms with van der Waals surface area (Å²) in [5.74, 6) is 0. The topological polar surface area (TPSA) is 110 Å². The van der Waals surface area contributed by atoms with Gasteiger partial charge in [0.05, 0.1) is 11.9 Å². The van der Waals surface area contributed by atoms with Crippen molar-refractivity contribution in [3.8, 4) is 0 Å². The van der Waals surface area contributed by atoms with Crippen molar-refractivity contribution in [1.82, 2.24) is 9.03 Å². The van der Waals surface area contributed by atoms with E-state index in [1.165, 1.54) is 10.4 Å². The fourth-order valence-corrected chi connectivity index (χ4v) is 4.80. The molecule has 1 fully saturated rings. The van der Waals surface area contributed by atoms with Crippen LogP contribution >= 0.6 is 0 Å². The Morgan fingerprint density at radius 3 is 2.24 bits per heavy atom. The number of para-hydroxylation sites is 1. The van der Waals surface area contributed by atoms with Gasteiger partial charge < -0.3 is 5.73 Å². The minimum absolute atomic E-state index is 0.0968. The Labute approximate surface area is 125 Å². The molecule has 0 aromatic heterocycles. The van der Waals surface area contributed by atoms with E-state index in [9.17, 15) is 16.8 Å². The highest BCUT2D eigenvalue weighted by Gasteiger charge is 2.31. The summed E-state index contributed by atoms with van der Waals surface area (Å²) in [6.45, 7) is 0.535. The van der Waals surface area contributed by atoms with Crippen molar-refractivity contribution in [2.75, 3.05) is 25.1 Å². The van der Waals surface area contributed by atoms with E-state index in [4.69, 9.17) is 5.73 Å². The van der Waals surface area contributed by atoms with Crippen LogP contribution in [0, 0.1) is 0 Å². The summed E-state index contributed by atoms with van der Waals surface area (Å²) in [6.07, 6.45) is 1.98. The number of benzene rings is 1. The van der Waals surface area contributed by atoms with E-state index in [-0.39, 0.29) is 29.7 Å². The van der Waals surface area contributed by atoms with Crippen LogP contribution in [-0.2, 0) is 20.0 Å². The van der Waals surface area contributed by atoms with Crippen LogP contribution in [0.1, 0.15) is 12.8 Å². The minimum atomic E-state index is -3.63. The van der Waals surface area contributed by atoms with Crippen LogP contribution in [0.5, 0.6) is 0 Å². The number of sulfonamides is 2. The zero-order chi connectivity index (χ0) is 15.7. The number of anilines is 1. The first-order valence-corrected chi connectivity index (χ1v) is 9.85. The molecule has 0 amide bonds. The summed E-state index contributed by atoms with van der Waals surface area (Å²) in [5, 5.41) is 0. The van der Waals surface area contributed by atoms with E-state index in [2.05, 4.69) is 4.72 Å². The summed E-state index contributed by atoms with van der Waals surface area (Å²) in [4.78, 5) is 0.0968. The average Bonchev–Trinajstić information content (AvgIpc) is 2.37. The Balaban J connectivity index is 2.10. The number of hydrogen-bond acceptors (Lipinski definition) is 5. The standard InChI is InChI=1S/C12H19N3O4S2/c1-20(16,17)14-10-6-8-15(9-7-10)21(18,19)12-5-3-2-4-11(12)13/h2-5,10,14H,6-9,13H2,1H3. The van der Waals surface area contributed by atoms with Crippen molar-refractivity contribution < 1.29 is 16.8 Å². The van der Waals surface area contributed by atoms with Gasteiger partial charge in [0.1, 0.15) is 4.90 Å². The summed E-state index contributed by atoms with van der Waals surface area (Å²) in [5.41, 5.74) is 5.94. The quantitative estimate of drug-likeness (QED) is 0.752. The number of nitrogens with zero attached hydrogens (tertiary/aromatic N) is 1. The van der Waals surface area contributed by atoms with Crippen LogP contribution in [0.3, 0.4) is 0 Å². The smallest absolute Gasteiger partial charge is 0.245 e. The Bertz CT molecular complexity index is 708. The average molecular weight is 333 g/mol. The Morgan fingerprint density at radius 1 is 1.14 bits per heavy atom. The highest BCUT2D eigenvalue weighted by atomic mass is 32.2. The lowest BCUT2D eigenvalue weighted by Crippen LogP contribution is -2.46. The zero-order valence-corrected chi connectivity index (χ0v) is 13.3. The third-order valence-corrected chi connectivity index (χ3v) is 6.11. The molecule has 1 aliphatic heterocycles. The van der Waals surface area contributed by atoms with Gasteiger partial charge in [-0.2, -0.15) is 4.31 Å². The van der Waals surface area contributed by atoms with Crippen LogP contribution in [0.4, 0.5) is 5.69 Å². The number of nitrogens with one attached hydrogen (secondary N) is 1. The van der Waals surface area contributed by atoms with Gasteiger partial charge in [-0.05, 0) is 25.0 Å². The Morgan fingerprint density at radius 2 is 1.71 bits per heavy atom. The largest absolute Gasteiger partial charge is 0.398 e. The molecule has 118 valence electrons. The molecule has 0 radical (unpaired) electrons. The molecule has 0 saturated carbocycles. The minimum Gasteiger partial charge on any atom is -0.398 e. The van der Waals surface area contributed by atoms with Gasteiger partial charge in [-0.1, -0.05) is 12.1 Å². The van der Waals surface area contributed by atoms with Gasteiger partial charge in [-0.3, -0.25) is 0 Å². The van der Waals surface area contributed by atoms with Gasteiger partial charge in [-0.25, -0.2) is 21.6 Å². The molecule has 0 aliphatic carbocycles. The predicted molar refractivity (Wildman–Crippen MR) is 80.6 cm³/mol. The third-order valence-electron chi connectivity index (χ3n) is 3.37. The molecule has 0 atom stereocenters. The molecular formula is C12H19N3O4S2. The SMILES string of the molecule is CS(=O)(=O)NC1CCN(S(=O)(=O)c2ccccc2N)CC1. The number of nitrogen functional groups attached to an aromatic ring is 1. The summed E-state index contributed by atoms with van der Waals surface area (Å²) in [7, 11) is -6.90. The summed E-state index contributed by atoms with van der Waals surface area (Å²) >= 11 is 0. The van der Waals surface area contributed by atoms with Gasteiger partial charge >= 0.3 is 0 Å². The molecule has 0 unspecified atom stereocenters. The van der Waals surface area contributed by atoms with Crippen LogP contribution in [0.25, 0.3) is 0 Å². The second-order valence-corrected chi connectivity index (χ2v) is 8.79. The molecule has 0 bridgehead atoms. The van der Waals surface area contributed by atoms with E-state index >= 15 is 0 Å². The molecule has 1 heterocycles. The van der Waals surface area contributed by atoms with E-state index in [0.29, 0.717) is 12.8 Å². The van der Waals surface area contributed by atoms with Gasteiger partial charge in [0.25, 0.3) is 0 Å². The lowest BCUT2D eigenvalue weighted by atomic mass is 10.1. The van der Waals surface area contributed by atoms with Crippen molar-refractivity contribution in [3.05, 3.63) is 24.3 Å². The van der Waals surface area contributed by atoms with Crippen LogP contribution in [-0.4, -0.2) is 46.5 Å². The molecule has 1 aromatic carbocycles. The molecule has 7 nitrogen and oxygen atoms in total. The molecular weight excluding hydrogens is 314 g/mol. The van der Waals surface area contributed by atoms with Crippen molar-refractivity contribution >= 4 is 25.7 Å². The van der Waals surface area contributed by atoms with Gasteiger partial charge in [-0.15, -0.1) is 0 Å². The molecule has 3 N–H and O–H groups in total. The second-order valence-electron chi connectivity index (χ2n) is 5.11. The predicted octanol–water partition coefficient (Wildman–Crippen LogP) is -0.0289. The number of rotatable bonds is 4. The molecule has 1 aromatic rings. The second kappa shape index (κ2) is 5.91. The highest BCUT2D eigenvalue weighted by Crippen LogP contribution is 2.24. The molecule has 0 spiro atoms. The van der Waals surface area contributed by atoms with Crippen LogP contribution in [0.2, 0.25) is 0 Å². The van der Waals surface area contributed by atoms with Gasteiger partial charge in [0, 0.05) is 19.1 Å². The van der Waals surface area contributed by atoms with E-state index in [0.717, 1.165) is 6.26 Å². The molecule has 1 aliphatic rings. The maximum atomic E-state index is 12.5. The highest BCUT2D eigenvalue weighted by molar-refractivity contribution is 7.89. The number of nitrogens with two attached hydrogens (primary N) is 1. The zero-order valence-electron chi connectivity index (χ0n) is 11.7. The first kappa shape index (κ1) is 16.2.